The van der Waals surface area contributed by atoms with Gasteiger partial charge in [0.25, 0.3) is 0 Å². The van der Waals surface area contributed by atoms with Crippen LogP contribution in [0.3, 0.4) is 0 Å². The van der Waals surface area contributed by atoms with Gasteiger partial charge in [-0.25, -0.2) is 4.39 Å². The first-order valence-electron chi connectivity index (χ1n) is 4.36. The Labute approximate surface area is 85.2 Å². The number of halogens is 4. The first-order valence-corrected chi connectivity index (χ1v) is 4.36. The molecule has 0 bridgehead atoms. The summed E-state index contributed by atoms with van der Waals surface area (Å²) in [6.07, 6.45) is -1.49. The number of benzene rings is 1. The summed E-state index contributed by atoms with van der Waals surface area (Å²) in [6, 6.07) is 1.46. The lowest BCUT2D eigenvalue weighted by atomic mass is 10.0. The molecular weight excluding hydrogens is 208 g/mol. The van der Waals surface area contributed by atoms with Gasteiger partial charge in [0, 0.05) is 0 Å². The molecule has 0 aliphatic carbocycles. The fourth-order valence-electron chi connectivity index (χ4n) is 1.22. The smallest absolute Gasteiger partial charge is 0.207 e. The molecule has 0 saturated heterocycles. The largest absolute Gasteiger partial charge is 0.416 e. The zero-order chi connectivity index (χ0) is 11.6. The van der Waals surface area contributed by atoms with E-state index >= 15 is 0 Å². The van der Waals surface area contributed by atoms with E-state index in [2.05, 4.69) is 0 Å². The van der Waals surface area contributed by atoms with Crippen molar-refractivity contribution in [3.8, 4) is 0 Å². The average molecular weight is 218 g/mol. The summed E-state index contributed by atoms with van der Waals surface area (Å²) < 4.78 is 50.1. The summed E-state index contributed by atoms with van der Waals surface area (Å²) >= 11 is 0. The maximum atomic E-state index is 13.2. The molecule has 1 aromatic rings. The molecule has 4 heteroatoms. The van der Waals surface area contributed by atoms with Crippen LogP contribution in [0.15, 0.2) is 18.2 Å². The van der Waals surface area contributed by atoms with Crippen molar-refractivity contribution in [3.63, 3.8) is 0 Å². The van der Waals surface area contributed by atoms with Gasteiger partial charge in [-0.15, -0.1) is 0 Å². The number of alkyl halides is 3. The maximum Gasteiger partial charge on any atom is 0.416 e. The van der Waals surface area contributed by atoms with Gasteiger partial charge in [0.15, 0.2) is 0 Å². The third-order valence-electron chi connectivity index (χ3n) is 2.06. The third-order valence-corrected chi connectivity index (χ3v) is 2.06. The molecule has 0 amide bonds. The molecule has 15 heavy (non-hydrogen) atoms. The Morgan fingerprint density at radius 2 is 1.80 bits per heavy atom. The number of hydrogen-bond acceptors (Lipinski definition) is 0. The van der Waals surface area contributed by atoms with Crippen molar-refractivity contribution in [3.05, 3.63) is 40.7 Å². The predicted molar refractivity (Wildman–Crippen MR) is 50.8 cm³/mol. The fraction of sp³-hybridized carbons (Fsp3) is 0.273. The van der Waals surface area contributed by atoms with Gasteiger partial charge >= 0.3 is 6.18 Å². The van der Waals surface area contributed by atoms with Gasteiger partial charge in [0.05, 0.1) is 5.56 Å². The number of rotatable bonds is 1. The Kier molecular flexibility index (Phi) is 3.17. The number of allylic oxidation sites excluding steroid dienone is 1. The molecule has 0 fully saturated rings. The summed E-state index contributed by atoms with van der Waals surface area (Å²) in [5.41, 5.74) is -0.482. The van der Waals surface area contributed by atoms with Gasteiger partial charge in [0.2, 0.25) is 0 Å². The minimum absolute atomic E-state index is 0.223. The average Bonchev–Trinajstić information content (AvgIpc) is 2.11. The van der Waals surface area contributed by atoms with Crippen LogP contribution in [0.4, 0.5) is 17.6 Å². The van der Waals surface area contributed by atoms with Crippen molar-refractivity contribution in [2.75, 3.05) is 0 Å². The van der Waals surface area contributed by atoms with Crippen LogP contribution in [0.1, 0.15) is 23.6 Å². The minimum Gasteiger partial charge on any atom is -0.207 e. The highest BCUT2D eigenvalue weighted by Crippen LogP contribution is 2.32. The molecule has 0 heterocycles. The Morgan fingerprint density at radius 1 is 1.20 bits per heavy atom. The van der Waals surface area contributed by atoms with Gasteiger partial charge < -0.3 is 0 Å². The Morgan fingerprint density at radius 3 is 2.27 bits per heavy atom. The molecule has 0 spiro atoms. The molecule has 1 rings (SSSR count). The van der Waals surface area contributed by atoms with Crippen LogP contribution in [-0.2, 0) is 6.18 Å². The Hall–Kier alpha value is -1.32. The zero-order valence-electron chi connectivity index (χ0n) is 8.32. The van der Waals surface area contributed by atoms with E-state index in [0.29, 0.717) is 6.07 Å². The molecule has 0 aliphatic heterocycles. The predicted octanol–water partition coefficient (Wildman–Crippen LogP) is 4.19. The van der Waals surface area contributed by atoms with Crippen molar-refractivity contribution < 1.29 is 17.6 Å². The van der Waals surface area contributed by atoms with E-state index < -0.39 is 17.6 Å². The summed E-state index contributed by atoms with van der Waals surface area (Å²) in [6.45, 7) is 3.11. The molecule has 0 aliphatic rings. The van der Waals surface area contributed by atoms with E-state index in [1.165, 1.54) is 13.0 Å². The van der Waals surface area contributed by atoms with Crippen molar-refractivity contribution in [2.24, 2.45) is 0 Å². The normalized spacial score (nSPS) is 12.4. The minimum atomic E-state index is -4.51. The van der Waals surface area contributed by atoms with Crippen LogP contribution < -0.4 is 0 Å². The molecule has 0 N–H and O–H groups in total. The second kappa shape index (κ2) is 4.04. The molecule has 1 aromatic carbocycles. The van der Waals surface area contributed by atoms with Crippen LogP contribution in [0.2, 0.25) is 0 Å². The van der Waals surface area contributed by atoms with Crippen LogP contribution in [0, 0.1) is 12.7 Å². The van der Waals surface area contributed by atoms with E-state index in [-0.39, 0.29) is 11.1 Å². The van der Waals surface area contributed by atoms with Crippen LogP contribution in [-0.4, -0.2) is 0 Å². The van der Waals surface area contributed by atoms with E-state index in [9.17, 15) is 17.6 Å². The maximum absolute atomic E-state index is 13.2. The van der Waals surface area contributed by atoms with E-state index in [1.807, 2.05) is 0 Å². The van der Waals surface area contributed by atoms with Gasteiger partial charge in [-0.3, -0.25) is 0 Å². The lowest BCUT2D eigenvalue weighted by molar-refractivity contribution is -0.137. The van der Waals surface area contributed by atoms with E-state index in [0.717, 1.165) is 6.07 Å². The molecule has 82 valence electrons. The van der Waals surface area contributed by atoms with E-state index in [4.69, 9.17) is 0 Å². The molecule has 0 radical (unpaired) electrons. The monoisotopic (exact) mass is 218 g/mol. The van der Waals surface area contributed by atoms with Crippen molar-refractivity contribution in [1.29, 1.82) is 0 Å². The van der Waals surface area contributed by atoms with Crippen LogP contribution in [0.25, 0.3) is 6.08 Å². The van der Waals surface area contributed by atoms with Gasteiger partial charge in [-0.1, -0.05) is 12.2 Å². The molecule has 0 aromatic heterocycles. The lowest BCUT2D eigenvalue weighted by Crippen LogP contribution is -2.06. The van der Waals surface area contributed by atoms with Gasteiger partial charge in [-0.2, -0.15) is 13.2 Å². The molecule has 0 saturated carbocycles. The topological polar surface area (TPSA) is 0 Å². The van der Waals surface area contributed by atoms with Crippen molar-refractivity contribution in [1.82, 2.24) is 0 Å². The summed E-state index contributed by atoms with van der Waals surface area (Å²) in [5, 5.41) is 0. The summed E-state index contributed by atoms with van der Waals surface area (Å²) in [4.78, 5) is 0. The summed E-state index contributed by atoms with van der Waals surface area (Å²) in [5.74, 6) is -0.835. The molecule has 0 nitrogen and oxygen atoms in total. The molecule has 0 unspecified atom stereocenters. The number of hydrogen-bond donors (Lipinski definition) is 0. The fourth-order valence-corrected chi connectivity index (χ4v) is 1.22. The van der Waals surface area contributed by atoms with Crippen LogP contribution in [0.5, 0.6) is 0 Å². The standard InChI is InChI=1S/C11H10F4/c1-3-4-8-5-9(11(13,14)15)6-10(12)7(8)2/h3-6H,1-2H3/b4-3-. The highest BCUT2D eigenvalue weighted by atomic mass is 19.4. The quantitative estimate of drug-likeness (QED) is 0.620. The zero-order valence-corrected chi connectivity index (χ0v) is 8.32. The summed E-state index contributed by atoms with van der Waals surface area (Å²) in [7, 11) is 0. The van der Waals surface area contributed by atoms with Crippen molar-refractivity contribution >= 4 is 6.08 Å². The lowest BCUT2D eigenvalue weighted by Gasteiger charge is -2.10. The highest BCUT2D eigenvalue weighted by molar-refractivity contribution is 5.55. The van der Waals surface area contributed by atoms with Gasteiger partial charge in [0.1, 0.15) is 5.82 Å². The SMILES string of the molecule is C/C=C\c1cc(C(F)(F)F)cc(F)c1C. The Balaban J connectivity index is 3.36. The molecule has 0 atom stereocenters. The van der Waals surface area contributed by atoms with Crippen LogP contribution >= 0.6 is 0 Å². The third kappa shape index (κ3) is 2.58. The van der Waals surface area contributed by atoms with E-state index in [1.54, 1.807) is 13.0 Å². The van der Waals surface area contributed by atoms with Gasteiger partial charge in [-0.05, 0) is 37.1 Å². The first kappa shape index (κ1) is 11.8. The Bertz CT molecular complexity index is 388. The van der Waals surface area contributed by atoms with Crippen molar-refractivity contribution in [2.45, 2.75) is 20.0 Å². The molecular formula is C11H10F4. The second-order valence-electron chi connectivity index (χ2n) is 3.17. The second-order valence-corrected chi connectivity index (χ2v) is 3.17. The first-order chi connectivity index (χ1) is 6.86. The highest BCUT2D eigenvalue weighted by Gasteiger charge is 2.31.